The van der Waals surface area contributed by atoms with E-state index in [2.05, 4.69) is 53.2 Å². The van der Waals surface area contributed by atoms with Gasteiger partial charge in [-0.3, -0.25) is 4.90 Å². The number of hydrogen-bond donors (Lipinski definition) is 2. The van der Waals surface area contributed by atoms with E-state index in [1.165, 1.54) is 20.9 Å². The zero-order chi connectivity index (χ0) is 24.7. The van der Waals surface area contributed by atoms with Gasteiger partial charge in [0.1, 0.15) is 11.5 Å². The van der Waals surface area contributed by atoms with Crippen molar-refractivity contribution in [2.45, 2.75) is 22.3 Å². The van der Waals surface area contributed by atoms with E-state index in [0.29, 0.717) is 18.2 Å². The van der Waals surface area contributed by atoms with Crippen LogP contribution in [0.4, 0.5) is 0 Å². The van der Waals surface area contributed by atoms with E-state index < -0.39 is 11.9 Å². The maximum atomic E-state index is 9.55. The lowest BCUT2D eigenvalue weighted by Crippen LogP contribution is -2.46. The van der Waals surface area contributed by atoms with Gasteiger partial charge in [-0.1, -0.05) is 11.8 Å². The van der Waals surface area contributed by atoms with E-state index in [1.807, 2.05) is 11.8 Å². The Hall–Kier alpha value is -3.01. The second-order valence-corrected chi connectivity index (χ2v) is 9.13. The van der Waals surface area contributed by atoms with Crippen molar-refractivity contribution >= 4 is 23.7 Å². The molecule has 1 unspecified atom stereocenters. The Kier molecular flexibility index (Phi) is 8.98. The van der Waals surface area contributed by atoms with Crippen LogP contribution in [-0.2, 0) is 16.0 Å². The molecule has 0 aliphatic carbocycles. The molecule has 2 heterocycles. The molecule has 0 saturated carbocycles. The summed E-state index contributed by atoms with van der Waals surface area (Å²) in [6.07, 6.45) is 2.12. The summed E-state index contributed by atoms with van der Waals surface area (Å²) in [7, 11) is 5.69. The molecule has 2 aromatic rings. The first-order valence-electron chi connectivity index (χ1n) is 10.9. The molecule has 0 radical (unpaired) electrons. The molecule has 34 heavy (non-hydrogen) atoms. The molecule has 182 valence electrons. The van der Waals surface area contributed by atoms with Crippen molar-refractivity contribution in [2.75, 3.05) is 47.4 Å². The molecule has 4 rings (SSSR count). The Balaban J connectivity index is 0.000000350. The Morgan fingerprint density at radius 2 is 1.47 bits per heavy atom. The normalized spacial score (nSPS) is 18.1. The predicted molar refractivity (Wildman–Crippen MR) is 130 cm³/mol. The number of carboxylic acid groups (broad SMARTS) is 2. The van der Waals surface area contributed by atoms with Crippen LogP contribution in [-0.4, -0.2) is 79.4 Å². The van der Waals surface area contributed by atoms with Gasteiger partial charge in [0.2, 0.25) is 0 Å². The average Bonchev–Trinajstić information content (AvgIpc) is 2.99. The molecule has 8 nitrogen and oxygen atoms in total. The highest BCUT2D eigenvalue weighted by atomic mass is 32.2. The van der Waals surface area contributed by atoms with E-state index in [0.717, 1.165) is 44.1 Å². The number of hydrogen-bond acceptors (Lipinski definition) is 7. The van der Waals surface area contributed by atoms with Crippen LogP contribution in [0.5, 0.6) is 11.5 Å². The summed E-state index contributed by atoms with van der Waals surface area (Å²) in [5.41, 5.74) is 2.75. The number of methoxy groups -OCH3 is 2. The van der Waals surface area contributed by atoms with Crippen molar-refractivity contribution in [3.8, 4) is 11.5 Å². The molecule has 1 saturated heterocycles. The van der Waals surface area contributed by atoms with Crippen molar-refractivity contribution in [3.05, 3.63) is 59.7 Å². The molecule has 9 heteroatoms. The summed E-state index contributed by atoms with van der Waals surface area (Å²) in [4.78, 5) is 26.8. The third-order valence-electron chi connectivity index (χ3n) is 5.82. The van der Waals surface area contributed by atoms with Gasteiger partial charge in [-0.25, -0.2) is 9.59 Å². The third kappa shape index (κ3) is 6.75. The lowest BCUT2D eigenvalue weighted by molar-refractivity contribution is -0.134. The number of fused-ring (bicyclic) bond motifs is 2. The van der Waals surface area contributed by atoms with Crippen LogP contribution in [0.15, 0.2) is 58.3 Å². The van der Waals surface area contributed by atoms with Crippen molar-refractivity contribution < 1.29 is 29.3 Å². The summed E-state index contributed by atoms with van der Waals surface area (Å²) in [5, 5.41) is 15.6. The van der Waals surface area contributed by atoms with Gasteiger partial charge in [0.15, 0.2) is 0 Å². The van der Waals surface area contributed by atoms with Gasteiger partial charge < -0.3 is 24.6 Å². The van der Waals surface area contributed by atoms with Crippen LogP contribution in [0.3, 0.4) is 0 Å². The highest BCUT2D eigenvalue weighted by Crippen LogP contribution is 2.45. The Morgan fingerprint density at radius 1 is 0.912 bits per heavy atom. The summed E-state index contributed by atoms with van der Waals surface area (Å²) >= 11 is 1.86. The van der Waals surface area contributed by atoms with Crippen molar-refractivity contribution in [3.63, 3.8) is 0 Å². The fourth-order valence-corrected chi connectivity index (χ4v) is 5.08. The first-order chi connectivity index (χ1) is 16.3. The monoisotopic (exact) mass is 486 g/mol. The molecule has 0 bridgehead atoms. The molecule has 0 amide bonds. The highest BCUT2D eigenvalue weighted by Gasteiger charge is 2.30. The number of likely N-dealkylation sites (N-methyl/N-ethyl adjacent to an activating group) is 1. The summed E-state index contributed by atoms with van der Waals surface area (Å²) < 4.78 is 11.0. The number of ether oxygens (including phenoxy) is 2. The number of piperazine rings is 1. The van der Waals surface area contributed by atoms with Crippen LogP contribution in [0, 0.1) is 0 Å². The minimum Gasteiger partial charge on any atom is -0.497 e. The van der Waals surface area contributed by atoms with Crippen LogP contribution in [0.1, 0.15) is 17.2 Å². The first kappa shape index (κ1) is 25.6. The van der Waals surface area contributed by atoms with Gasteiger partial charge in [0.25, 0.3) is 0 Å². The molecular formula is C25H30N2O6S. The quantitative estimate of drug-likeness (QED) is 0.616. The number of nitrogens with zero attached hydrogens (tertiary/aromatic N) is 2. The van der Waals surface area contributed by atoms with Gasteiger partial charge in [-0.05, 0) is 61.0 Å². The minimum absolute atomic E-state index is 0.370. The number of benzene rings is 2. The van der Waals surface area contributed by atoms with Gasteiger partial charge in [-0.2, -0.15) is 0 Å². The summed E-state index contributed by atoms with van der Waals surface area (Å²) in [6, 6.07) is 13.3. The van der Waals surface area contributed by atoms with E-state index in [1.54, 1.807) is 14.2 Å². The molecule has 2 aliphatic heterocycles. The number of carbonyl (C=O) groups is 2. The maximum Gasteiger partial charge on any atom is 0.328 e. The van der Waals surface area contributed by atoms with Crippen LogP contribution in [0.25, 0.3) is 0 Å². The van der Waals surface area contributed by atoms with E-state index in [4.69, 9.17) is 19.7 Å². The van der Waals surface area contributed by atoms with Crippen molar-refractivity contribution in [1.29, 1.82) is 0 Å². The molecule has 1 fully saturated rings. The van der Waals surface area contributed by atoms with E-state index in [9.17, 15) is 9.59 Å². The Bertz CT molecular complexity index is 1030. The maximum absolute atomic E-state index is 9.55. The molecule has 2 aromatic carbocycles. The van der Waals surface area contributed by atoms with Gasteiger partial charge in [-0.15, -0.1) is 0 Å². The van der Waals surface area contributed by atoms with Crippen molar-refractivity contribution in [1.82, 2.24) is 9.80 Å². The SMILES string of the molecule is COc1ccc2c(c1)CC(N1CCN(C)CC1)c1cc(OC)ccc1S2.O=C(O)/C=C\C(=O)O. The topological polar surface area (TPSA) is 99.5 Å². The number of aliphatic carboxylic acids is 2. The van der Waals surface area contributed by atoms with Crippen LogP contribution < -0.4 is 9.47 Å². The molecule has 2 aliphatic rings. The molecular weight excluding hydrogens is 456 g/mol. The standard InChI is InChI=1S/C21H26N2O2S.C4H4O4/c1-22-8-10-23(11-9-22)19-13-15-12-16(24-2)4-6-20(15)26-21-7-5-17(25-3)14-18(19)21;5-3(6)1-2-4(7)8/h4-7,12,14,19H,8-11,13H2,1-3H3;1-2H,(H,5,6)(H,7,8)/b;2-1-. The zero-order valence-electron chi connectivity index (χ0n) is 19.6. The van der Waals surface area contributed by atoms with E-state index >= 15 is 0 Å². The minimum atomic E-state index is -1.26. The molecule has 0 spiro atoms. The smallest absolute Gasteiger partial charge is 0.328 e. The lowest BCUT2D eigenvalue weighted by atomic mass is 9.96. The fraction of sp³-hybridized carbons (Fsp3) is 0.360. The lowest BCUT2D eigenvalue weighted by Gasteiger charge is -2.38. The van der Waals surface area contributed by atoms with Gasteiger partial charge >= 0.3 is 11.9 Å². The molecule has 1 atom stereocenters. The first-order valence-corrected chi connectivity index (χ1v) is 11.7. The second kappa shape index (κ2) is 11.9. The van der Waals surface area contributed by atoms with Crippen LogP contribution >= 0.6 is 11.8 Å². The predicted octanol–water partition coefficient (Wildman–Crippen LogP) is 3.41. The Labute approximate surface area is 203 Å². The third-order valence-corrected chi connectivity index (χ3v) is 7.03. The largest absolute Gasteiger partial charge is 0.497 e. The van der Waals surface area contributed by atoms with Gasteiger partial charge in [0.05, 0.1) is 14.2 Å². The highest BCUT2D eigenvalue weighted by molar-refractivity contribution is 7.99. The molecule has 2 N–H and O–H groups in total. The summed E-state index contributed by atoms with van der Waals surface area (Å²) in [6.45, 7) is 4.44. The zero-order valence-corrected chi connectivity index (χ0v) is 20.4. The summed E-state index contributed by atoms with van der Waals surface area (Å²) in [5.74, 6) is -0.642. The molecule has 0 aromatic heterocycles. The average molecular weight is 487 g/mol. The number of rotatable bonds is 5. The van der Waals surface area contributed by atoms with Crippen molar-refractivity contribution in [2.24, 2.45) is 0 Å². The number of carboxylic acids is 2. The fourth-order valence-electron chi connectivity index (χ4n) is 3.99. The second-order valence-electron chi connectivity index (χ2n) is 8.05. The Morgan fingerprint density at radius 3 is 2.03 bits per heavy atom. The van der Waals surface area contributed by atoms with E-state index in [-0.39, 0.29) is 0 Å². The van der Waals surface area contributed by atoms with Gasteiger partial charge in [0, 0.05) is 54.2 Å². The van der Waals surface area contributed by atoms with Crippen LogP contribution in [0.2, 0.25) is 0 Å².